The van der Waals surface area contributed by atoms with Crippen LogP contribution < -0.4 is 0 Å². The van der Waals surface area contributed by atoms with Gasteiger partial charge >= 0.3 is 5.97 Å². The van der Waals surface area contributed by atoms with Crippen molar-refractivity contribution in [1.82, 2.24) is 0 Å². The molecule has 1 N–H and O–H groups in total. The normalized spacial score (nSPS) is 24.6. The van der Waals surface area contributed by atoms with Gasteiger partial charge in [0.15, 0.2) is 0 Å². The minimum atomic E-state index is -0.876. The lowest BCUT2D eigenvalue weighted by atomic mass is 10.1. The average molecular weight is 198 g/mol. The quantitative estimate of drug-likeness (QED) is 0.388. The predicted molar refractivity (Wildman–Crippen MR) is 54.2 cm³/mol. The van der Waals surface area contributed by atoms with Crippen LogP contribution in [0, 0.1) is 0 Å². The highest BCUT2D eigenvalue weighted by Gasteiger charge is 2.35. The lowest BCUT2D eigenvalue weighted by Gasteiger charge is -1.99. The zero-order valence-electron chi connectivity index (χ0n) is 8.66. The van der Waals surface area contributed by atoms with Crippen LogP contribution in [0.1, 0.15) is 39.0 Å². The molecule has 3 heteroatoms. The third-order valence-corrected chi connectivity index (χ3v) is 2.61. The SMILES string of the molecule is C=C(CCCCC1OC1CC)C(=O)O. The molecule has 3 nitrogen and oxygen atoms in total. The van der Waals surface area contributed by atoms with Gasteiger partial charge in [-0.05, 0) is 25.7 Å². The number of ether oxygens (including phenoxy) is 1. The molecule has 2 atom stereocenters. The monoisotopic (exact) mass is 198 g/mol. The van der Waals surface area contributed by atoms with E-state index in [1.165, 1.54) is 0 Å². The lowest BCUT2D eigenvalue weighted by molar-refractivity contribution is -0.132. The molecule has 0 radical (unpaired) electrons. The summed E-state index contributed by atoms with van der Waals surface area (Å²) in [5.41, 5.74) is 0.314. The molecule has 2 unspecified atom stereocenters. The Morgan fingerprint density at radius 2 is 2.14 bits per heavy atom. The third kappa shape index (κ3) is 3.50. The molecule has 80 valence electrons. The van der Waals surface area contributed by atoms with E-state index in [2.05, 4.69) is 13.5 Å². The summed E-state index contributed by atoms with van der Waals surface area (Å²) < 4.78 is 5.38. The number of epoxide rings is 1. The Labute approximate surface area is 84.8 Å². The zero-order chi connectivity index (χ0) is 10.6. The fourth-order valence-electron chi connectivity index (χ4n) is 1.58. The summed E-state index contributed by atoms with van der Waals surface area (Å²) >= 11 is 0. The maximum Gasteiger partial charge on any atom is 0.330 e. The molecule has 0 aromatic carbocycles. The molecule has 0 aromatic rings. The van der Waals surface area contributed by atoms with Crippen LogP contribution in [0.25, 0.3) is 0 Å². The molecule has 1 aliphatic heterocycles. The first-order valence-electron chi connectivity index (χ1n) is 5.21. The summed E-state index contributed by atoms with van der Waals surface area (Å²) in [6.45, 7) is 5.61. The molecular weight excluding hydrogens is 180 g/mol. The standard InChI is InChI=1S/C11H18O3/c1-3-9-10(14-9)7-5-4-6-8(2)11(12)13/h9-10H,2-7H2,1H3,(H,12,13). The van der Waals surface area contributed by atoms with Gasteiger partial charge in [-0.25, -0.2) is 4.79 Å². The minimum absolute atomic E-state index is 0.314. The van der Waals surface area contributed by atoms with Crippen LogP contribution in [-0.4, -0.2) is 23.3 Å². The van der Waals surface area contributed by atoms with Gasteiger partial charge in [0.1, 0.15) is 0 Å². The molecule has 0 aromatic heterocycles. The molecule has 0 bridgehead atoms. The summed E-state index contributed by atoms with van der Waals surface area (Å²) in [6.07, 6.45) is 5.60. The molecule has 1 heterocycles. The smallest absolute Gasteiger partial charge is 0.330 e. The van der Waals surface area contributed by atoms with Gasteiger partial charge in [0.25, 0.3) is 0 Å². The number of carboxylic acids is 1. The Kier molecular flexibility index (Phi) is 4.14. The third-order valence-electron chi connectivity index (χ3n) is 2.61. The van der Waals surface area contributed by atoms with Gasteiger partial charge in [-0.1, -0.05) is 19.9 Å². The molecular formula is C11H18O3. The largest absolute Gasteiger partial charge is 0.478 e. The van der Waals surface area contributed by atoms with E-state index >= 15 is 0 Å². The lowest BCUT2D eigenvalue weighted by Crippen LogP contribution is -1.99. The predicted octanol–water partition coefficient (Wildman–Crippen LogP) is 2.37. The fraction of sp³-hybridized carbons (Fsp3) is 0.727. The van der Waals surface area contributed by atoms with Gasteiger partial charge in [0.2, 0.25) is 0 Å². The van der Waals surface area contributed by atoms with E-state index in [1.807, 2.05) is 0 Å². The second-order valence-corrected chi connectivity index (χ2v) is 3.78. The van der Waals surface area contributed by atoms with Crippen molar-refractivity contribution < 1.29 is 14.6 Å². The average Bonchev–Trinajstić information content (AvgIpc) is 2.90. The van der Waals surface area contributed by atoms with Crippen molar-refractivity contribution in [2.45, 2.75) is 51.2 Å². The molecule has 0 saturated carbocycles. The van der Waals surface area contributed by atoms with Gasteiger partial charge in [0, 0.05) is 5.57 Å². The summed E-state index contributed by atoms with van der Waals surface area (Å²) in [5, 5.41) is 8.56. The highest BCUT2D eigenvalue weighted by atomic mass is 16.6. The number of hydrogen-bond donors (Lipinski definition) is 1. The summed E-state index contributed by atoms with van der Waals surface area (Å²) in [4.78, 5) is 10.4. The van der Waals surface area contributed by atoms with E-state index in [4.69, 9.17) is 9.84 Å². The summed E-state index contributed by atoms with van der Waals surface area (Å²) in [7, 11) is 0. The first kappa shape index (κ1) is 11.2. The Morgan fingerprint density at radius 1 is 1.43 bits per heavy atom. The number of rotatable bonds is 7. The van der Waals surface area contributed by atoms with Crippen molar-refractivity contribution in [2.75, 3.05) is 0 Å². The highest BCUT2D eigenvalue weighted by molar-refractivity contribution is 5.85. The molecule has 0 spiro atoms. The van der Waals surface area contributed by atoms with Crippen molar-refractivity contribution in [1.29, 1.82) is 0 Å². The van der Waals surface area contributed by atoms with Crippen LogP contribution in [0.5, 0.6) is 0 Å². The molecule has 1 rings (SSSR count). The van der Waals surface area contributed by atoms with E-state index < -0.39 is 5.97 Å². The topological polar surface area (TPSA) is 49.8 Å². The van der Waals surface area contributed by atoms with Gasteiger partial charge < -0.3 is 9.84 Å². The van der Waals surface area contributed by atoms with Crippen LogP contribution in [0.4, 0.5) is 0 Å². The number of carbonyl (C=O) groups is 1. The second kappa shape index (κ2) is 5.15. The second-order valence-electron chi connectivity index (χ2n) is 3.78. The van der Waals surface area contributed by atoms with E-state index in [1.54, 1.807) is 0 Å². The molecule has 0 amide bonds. The Balaban J connectivity index is 1.95. The molecule has 1 fully saturated rings. The maximum atomic E-state index is 10.4. The van der Waals surface area contributed by atoms with Crippen LogP contribution in [0.15, 0.2) is 12.2 Å². The van der Waals surface area contributed by atoms with Crippen LogP contribution in [-0.2, 0) is 9.53 Å². The van der Waals surface area contributed by atoms with Crippen LogP contribution >= 0.6 is 0 Å². The van der Waals surface area contributed by atoms with E-state index in [9.17, 15) is 4.79 Å². The summed E-state index contributed by atoms with van der Waals surface area (Å²) in [6, 6.07) is 0. The molecule has 1 aliphatic rings. The Morgan fingerprint density at radius 3 is 2.64 bits per heavy atom. The number of hydrogen-bond acceptors (Lipinski definition) is 2. The van der Waals surface area contributed by atoms with E-state index in [-0.39, 0.29) is 0 Å². The van der Waals surface area contributed by atoms with Crippen molar-refractivity contribution in [3.8, 4) is 0 Å². The van der Waals surface area contributed by atoms with Crippen LogP contribution in [0.2, 0.25) is 0 Å². The van der Waals surface area contributed by atoms with Crippen molar-refractivity contribution in [2.24, 2.45) is 0 Å². The maximum absolute atomic E-state index is 10.4. The Hall–Kier alpha value is -0.830. The highest BCUT2D eigenvalue weighted by Crippen LogP contribution is 2.29. The van der Waals surface area contributed by atoms with Gasteiger partial charge in [-0.2, -0.15) is 0 Å². The first-order chi connectivity index (χ1) is 6.65. The number of aliphatic carboxylic acids is 1. The molecule has 0 aliphatic carbocycles. The molecule has 1 saturated heterocycles. The zero-order valence-corrected chi connectivity index (χ0v) is 8.66. The fourth-order valence-corrected chi connectivity index (χ4v) is 1.58. The van der Waals surface area contributed by atoms with Crippen molar-refractivity contribution in [3.05, 3.63) is 12.2 Å². The summed E-state index contributed by atoms with van der Waals surface area (Å²) in [5.74, 6) is -0.876. The van der Waals surface area contributed by atoms with Gasteiger partial charge in [0.05, 0.1) is 12.2 Å². The molecule has 14 heavy (non-hydrogen) atoms. The van der Waals surface area contributed by atoms with Crippen molar-refractivity contribution >= 4 is 5.97 Å². The minimum Gasteiger partial charge on any atom is -0.478 e. The van der Waals surface area contributed by atoms with Crippen LogP contribution in [0.3, 0.4) is 0 Å². The van der Waals surface area contributed by atoms with E-state index in [0.717, 1.165) is 25.7 Å². The van der Waals surface area contributed by atoms with Gasteiger partial charge in [-0.3, -0.25) is 0 Å². The van der Waals surface area contributed by atoms with E-state index in [0.29, 0.717) is 24.2 Å². The van der Waals surface area contributed by atoms with Crippen molar-refractivity contribution in [3.63, 3.8) is 0 Å². The number of carboxylic acid groups (broad SMARTS) is 1. The Bertz CT molecular complexity index is 223. The first-order valence-corrected chi connectivity index (χ1v) is 5.21. The van der Waals surface area contributed by atoms with Gasteiger partial charge in [-0.15, -0.1) is 0 Å². The number of unbranched alkanes of at least 4 members (excludes halogenated alkanes) is 1.